The van der Waals surface area contributed by atoms with Crippen molar-refractivity contribution in [1.29, 1.82) is 0 Å². The average Bonchev–Trinajstić information content (AvgIpc) is 1.43. The van der Waals surface area contributed by atoms with Gasteiger partial charge in [-0.05, 0) is 331 Å². The Morgan fingerprint density at radius 3 is 0.889 bits per heavy atom. The minimum absolute atomic E-state index is 0.233. The molecular weight excluding hydrogens is 973 g/mol. The first-order valence-electron chi connectivity index (χ1n) is 30.6. The van der Waals surface area contributed by atoms with Gasteiger partial charge in [-0.25, -0.2) is 0 Å². The van der Waals surface area contributed by atoms with Gasteiger partial charge in [0.1, 0.15) is 0 Å². The predicted octanol–water partition coefficient (Wildman–Crippen LogP) is 19.7. The van der Waals surface area contributed by atoms with Gasteiger partial charge in [0.15, 0.2) is 0 Å². The summed E-state index contributed by atoms with van der Waals surface area (Å²) in [6, 6.07) is 31.3. The molecule has 0 spiro atoms. The highest BCUT2D eigenvalue weighted by Crippen LogP contribution is 2.91. The van der Waals surface area contributed by atoms with Gasteiger partial charge in [-0.3, -0.25) is 0 Å². The fourth-order valence-electron chi connectivity index (χ4n) is 28.3. The normalized spacial score (nSPS) is 26.6. The van der Waals surface area contributed by atoms with Crippen LogP contribution in [0.1, 0.15) is 101 Å². The summed E-state index contributed by atoms with van der Waals surface area (Å²) in [4.78, 5) is 0. The molecule has 0 nitrogen and oxygen atoms in total. The van der Waals surface area contributed by atoms with Crippen molar-refractivity contribution < 1.29 is 0 Å². The third-order valence-corrected chi connectivity index (χ3v) is 28.8. The Labute approximate surface area is 451 Å². The SMILES string of the molecule is Cc1ccc(C23C4=C5C6c7c8c9c%10c%11c%12c%13c%14c%15c%16c%17c%18c(c2c2c%19c3c6c3c7c6c9c7c9c%10c%13c%10c%13c%14c%17c%14c%17c%18c2c2c%18c%19c3c3c6c7c6c(c3%18)c(c2%17)c(c%13%14)c6c9%10)C%16(c2ccc(C)cc2)C4=C(C5C8%11)C%12%15c2ccc(C)cc2)cc1. The van der Waals surface area contributed by atoms with Crippen LogP contribution < -0.4 is 0 Å². The lowest BCUT2D eigenvalue weighted by molar-refractivity contribution is 0.471. The van der Waals surface area contributed by atoms with Gasteiger partial charge in [-0.15, -0.1) is 0 Å². The topological polar surface area (TPSA) is 0 Å². The van der Waals surface area contributed by atoms with Crippen LogP contribution in [0.15, 0.2) is 95.1 Å². The van der Waals surface area contributed by atoms with Crippen LogP contribution in [0, 0.1) is 26.7 Å². The standard InChI is InChI=1S/C81H24/c1-16-4-10-19(11-5-16)79-70-60-50-44-30-28-23-22-24-26-27-25(22)33-35-29(23)31(30)45-47-46(44)58(60)68-69-59(47)61-51(45)49(35)53-39(33)41-37(27)43-42-36(26)40-38-32(24)34(28)48(50)52(38)62(70)64-54(40)56(42)66-67-57(43)55(41)65-63(53)71(61)80(20-12-6-17(2)7-13-20)73(65)75(67)81(74(66)72(64)79,78(76(68)79)77(69)80)21-14-8-18(3)9-15-21/h4-15,58-59,68H,1-3H3. The summed E-state index contributed by atoms with van der Waals surface area (Å²) < 4.78 is 0. The van der Waals surface area contributed by atoms with Crippen LogP contribution in [0.25, 0.3) is 215 Å². The van der Waals surface area contributed by atoms with E-state index in [-0.39, 0.29) is 17.8 Å². The molecule has 11 aliphatic rings. The maximum absolute atomic E-state index is 2.69. The smallest absolute Gasteiger partial charge is 0.0590 e. The summed E-state index contributed by atoms with van der Waals surface area (Å²) >= 11 is 0. The van der Waals surface area contributed by atoms with E-state index in [0.717, 1.165) is 0 Å². The van der Waals surface area contributed by atoms with E-state index in [9.17, 15) is 0 Å². The summed E-state index contributed by atoms with van der Waals surface area (Å²) in [6.07, 6.45) is 0. The summed E-state index contributed by atoms with van der Waals surface area (Å²) in [7, 11) is 0. The third-order valence-electron chi connectivity index (χ3n) is 28.8. The van der Waals surface area contributed by atoms with Gasteiger partial charge in [0.25, 0.3) is 0 Å². The second kappa shape index (κ2) is 7.80. The van der Waals surface area contributed by atoms with Gasteiger partial charge in [0.2, 0.25) is 0 Å². The van der Waals surface area contributed by atoms with Gasteiger partial charge < -0.3 is 0 Å². The van der Waals surface area contributed by atoms with E-state index in [0.29, 0.717) is 0 Å². The summed E-state index contributed by atoms with van der Waals surface area (Å²) in [6.45, 7) is 7.02. The summed E-state index contributed by atoms with van der Waals surface area (Å²) in [5.74, 6) is 0.764. The van der Waals surface area contributed by atoms with Crippen LogP contribution in [-0.2, 0) is 16.2 Å². The number of hydrogen-bond donors (Lipinski definition) is 0. The fraction of sp³-hybridized carbons (Fsp3) is 0.111. The van der Waals surface area contributed by atoms with Crippen molar-refractivity contribution in [2.45, 2.75) is 48.9 Å². The maximum Gasteiger partial charge on any atom is 0.0724 e. The number of benzene rings is 18. The van der Waals surface area contributed by atoms with Crippen molar-refractivity contribution in [2.24, 2.45) is 5.92 Å². The zero-order chi connectivity index (χ0) is 49.4. The van der Waals surface area contributed by atoms with E-state index in [1.54, 1.807) is 282 Å². The van der Waals surface area contributed by atoms with Gasteiger partial charge in [0.05, 0.1) is 16.2 Å². The quantitative estimate of drug-likeness (QED) is 0.155. The van der Waals surface area contributed by atoms with Gasteiger partial charge >= 0.3 is 0 Å². The molecule has 6 unspecified atom stereocenters. The molecule has 0 saturated heterocycles. The van der Waals surface area contributed by atoms with Gasteiger partial charge in [-0.1, -0.05) is 89.5 Å². The third kappa shape index (κ3) is 1.92. The first-order chi connectivity index (χ1) is 40.1. The van der Waals surface area contributed by atoms with Crippen LogP contribution in [0.4, 0.5) is 0 Å². The minimum Gasteiger partial charge on any atom is -0.0590 e. The minimum atomic E-state index is -0.500. The molecule has 0 N–H and O–H groups in total. The molecule has 11 aliphatic carbocycles. The van der Waals surface area contributed by atoms with E-state index in [2.05, 4.69) is 93.6 Å². The molecule has 348 valence electrons. The molecular formula is C81H24. The first kappa shape index (κ1) is 32.6. The van der Waals surface area contributed by atoms with Crippen LogP contribution in [0.2, 0.25) is 0 Å². The molecule has 0 heteroatoms. The molecule has 0 heterocycles. The van der Waals surface area contributed by atoms with E-state index in [4.69, 9.17) is 0 Å². The summed E-state index contributed by atoms with van der Waals surface area (Å²) in [5.41, 5.74) is 31.9. The molecule has 24 aromatic rings. The Morgan fingerprint density at radius 1 is 0.222 bits per heavy atom. The van der Waals surface area contributed by atoms with Crippen molar-refractivity contribution >= 4 is 215 Å². The van der Waals surface area contributed by atoms with E-state index in [1.807, 2.05) is 11.1 Å². The number of aryl methyl sites for hydroxylation is 3. The zero-order valence-corrected chi connectivity index (χ0v) is 43.2. The second-order valence-corrected chi connectivity index (χ2v) is 29.8. The van der Waals surface area contributed by atoms with Crippen molar-refractivity contribution in [2.75, 3.05) is 0 Å². The first-order valence-corrected chi connectivity index (χ1v) is 30.6. The lowest BCUT2D eigenvalue weighted by atomic mass is 9.44. The Bertz CT molecular complexity index is 7760. The molecule has 6 atom stereocenters. The van der Waals surface area contributed by atoms with Gasteiger partial charge in [-0.2, -0.15) is 0 Å². The van der Waals surface area contributed by atoms with E-state index < -0.39 is 16.2 Å². The molecule has 0 amide bonds. The van der Waals surface area contributed by atoms with E-state index in [1.165, 1.54) is 33.4 Å². The molecule has 0 aliphatic heterocycles. The number of rotatable bonds is 3. The van der Waals surface area contributed by atoms with Crippen molar-refractivity contribution in [3.05, 3.63) is 184 Å². The van der Waals surface area contributed by atoms with Crippen LogP contribution in [-0.4, -0.2) is 0 Å². The largest absolute Gasteiger partial charge is 0.0724 e. The van der Waals surface area contributed by atoms with Crippen molar-refractivity contribution in [1.82, 2.24) is 0 Å². The molecule has 24 aromatic carbocycles. The molecule has 0 saturated carbocycles. The van der Waals surface area contributed by atoms with Gasteiger partial charge in [0, 0.05) is 17.8 Å². The molecule has 0 fully saturated rings. The molecule has 81 heavy (non-hydrogen) atoms. The molecule has 0 bridgehead atoms. The van der Waals surface area contributed by atoms with E-state index >= 15 is 0 Å². The number of allylic oxidation sites excluding steroid dienone is 4. The predicted molar refractivity (Wildman–Crippen MR) is 332 cm³/mol. The van der Waals surface area contributed by atoms with Crippen molar-refractivity contribution in [3.63, 3.8) is 0 Å². The lowest BCUT2D eigenvalue weighted by Crippen LogP contribution is -2.51. The Kier molecular flexibility index (Phi) is 3.14. The maximum atomic E-state index is 2.69. The zero-order valence-electron chi connectivity index (χ0n) is 43.2. The number of hydrogen-bond acceptors (Lipinski definition) is 0. The second-order valence-electron chi connectivity index (χ2n) is 29.8. The molecule has 0 aromatic heterocycles. The van der Waals surface area contributed by atoms with Crippen LogP contribution >= 0.6 is 0 Å². The lowest BCUT2D eigenvalue weighted by Gasteiger charge is -2.56. The van der Waals surface area contributed by atoms with Crippen molar-refractivity contribution in [3.8, 4) is 0 Å². The highest BCUT2D eigenvalue weighted by molar-refractivity contribution is 6.77. The Hall–Kier alpha value is -9.36. The monoisotopic (exact) mass is 996 g/mol. The molecule has 0 radical (unpaired) electrons. The molecule has 35 rings (SSSR count). The highest BCUT2D eigenvalue weighted by atomic mass is 14.8. The van der Waals surface area contributed by atoms with Crippen LogP contribution in [0.3, 0.4) is 0 Å². The fourth-order valence-corrected chi connectivity index (χ4v) is 28.3. The Morgan fingerprint density at radius 2 is 0.494 bits per heavy atom. The Balaban J connectivity index is 1.08. The summed E-state index contributed by atoms with van der Waals surface area (Å²) in [5, 5.41) is 66.8. The average molecular weight is 997 g/mol. The van der Waals surface area contributed by atoms with Crippen LogP contribution in [0.5, 0.6) is 0 Å². The highest BCUT2D eigenvalue weighted by Gasteiger charge is 2.78.